The Labute approximate surface area is 69.4 Å². The summed E-state index contributed by atoms with van der Waals surface area (Å²) in [6.07, 6.45) is 0. The van der Waals surface area contributed by atoms with Crippen LogP contribution in [-0.4, -0.2) is 20.7 Å². The van der Waals surface area contributed by atoms with Gasteiger partial charge in [-0.3, -0.25) is 0 Å². The van der Waals surface area contributed by atoms with E-state index in [4.69, 9.17) is 0 Å². The summed E-state index contributed by atoms with van der Waals surface area (Å²) in [4.78, 5) is 0. The van der Waals surface area contributed by atoms with Crippen LogP contribution in [0, 0.1) is 0 Å². The zero-order valence-corrected chi connectivity index (χ0v) is 7.70. The molecule has 48 valence electrons. The van der Waals surface area contributed by atoms with Gasteiger partial charge in [-0.2, -0.15) is 37.0 Å². The van der Waals surface area contributed by atoms with E-state index in [-0.39, 0.29) is 3.91 Å². The van der Waals surface area contributed by atoms with Crippen molar-refractivity contribution in [3.63, 3.8) is 0 Å². The van der Waals surface area contributed by atoms with Gasteiger partial charge in [0.25, 0.3) is 0 Å². The second kappa shape index (κ2) is 3.54. The van der Waals surface area contributed by atoms with Crippen molar-refractivity contribution in [1.82, 2.24) is 0 Å². The summed E-state index contributed by atoms with van der Waals surface area (Å²) in [7, 11) is 0. The molecule has 0 spiro atoms. The van der Waals surface area contributed by atoms with Gasteiger partial charge in [-0.25, -0.2) is 0 Å². The van der Waals surface area contributed by atoms with Crippen LogP contribution in [0.5, 0.6) is 0 Å². The summed E-state index contributed by atoms with van der Waals surface area (Å²) >= 11 is 12.1. The minimum atomic E-state index is 0.219. The summed E-state index contributed by atoms with van der Waals surface area (Å²) in [6, 6.07) is 0. The van der Waals surface area contributed by atoms with Gasteiger partial charge < -0.3 is 0 Å². The van der Waals surface area contributed by atoms with E-state index in [9.17, 15) is 0 Å². The predicted octanol–water partition coefficient (Wildman–Crippen LogP) is 1.98. The Morgan fingerprint density at radius 1 is 1.75 bits per heavy atom. The third kappa shape index (κ3) is 3.43. The van der Waals surface area contributed by atoms with Crippen molar-refractivity contribution < 1.29 is 0 Å². The monoisotopic (exact) mass is 184 g/mol. The van der Waals surface area contributed by atoms with Gasteiger partial charge in [0.2, 0.25) is 0 Å². The summed E-state index contributed by atoms with van der Waals surface area (Å²) in [5, 5.41) is 0.918. The predicted molar refractivity (Wildman–Crippen MR) is 50.5 cm³/mol. The third-order valence-corrected chi connectivity index (χ3v) is 3.80. The molecule has 0 aliphatic carbocycles. The second-order valence-corrected chi connectivity index (χ2v) is 6.23. The van der Waals surface area contributed by atoms with Gasteiger partial charge in [-0.1, -0.05) is 0 Å². The van der Waals surface area contributed by atoms with Crippen LogP contribution in [0.25, 0.3) is 0 Å². The van der Waals surface area contributed by atoms with Crippen molar-refractivity contribution in [3.05, 3.63) is 0 Å². The molecule has 1 atom stereocenters. The summed E-state index contributed by atoms with van der Waals surface area (Å²) < 4.78 is 0.219. The van der Waals surface area contributed by atoms with Crippen molar-refractivity contribution in [2.45, 2.75) is 9.16 Å². The lowest BCUT2D eigenvalue weighted by Gasteiger charge is -1.98. The van der Waals surface area contributed by atoms with Crippen molar-refractivity contribution in [2.75, 3.05) is 11.5 Å². The second-order valence-electron chi connectivity index (χ2n) is 1.61. The topological polar surface area (TPSA) is 0 Å². The summed E-state index contributed by atoms with van der Waals surface area (Å²) in [6.45, 7) is 0. The molecule has 0 amide bonds. The van der Waals surface area contributed by atoms with Gasteiger partial charge in [0, 0.05) is 16.8 Å². The highest BCUT2D eigenvalue weighted by molar-refractivity contribution is 8.22. The van der Waals surface area contributed by atoms with Gasteiger partial charge in [0.1, 0.15) is 0 Å². The van der Waals surface area contributed by atoms with Crippen LogP contribution in [0.2, 0.25) is 0 Å². The zero-order chi connectivity index (χ0) is 5.98. The van der Waals surface area contributed by atoms with Crippen LogP contribution in [-0.2, 0) is 0 Å². The average Bonchev–Trinajstić information content (AvgIpc) is 2.41. The number of hydrogen-bond donors (Lipinski definition) is 2. The van der Waals surface area contributed by atoms with Crippen LogP contribution < -0.4 is 0 Å². The van der Waals surface area contributed by atoms with Crippen molar-refractivity contribution in [1.29, 1.82) is 0 Å². The van der Waals surface area contributed by atoms with E-state index in [0.717, 1.165) is 5.25 Å². The molecule has 1 aliphatic heterocycles. The first-order chi connectivity index (χ1) is 3.79. The fourth-order valence-electron chi connectivity index (χ4n) is 0.358. The number of thiol groups is 2. The van der Waals surface area contributed by atoms with E-state index < -0.39 is 0 Å². The summed E-state index contributed by atoms with van der Waals surface area (Å²) in [5.74, 6) is 2.57. The van der Waals surface area contributed by atoms with Gasteiger partial charge >= 0.3 is 0 Å². The largest absolute Gasteiger partial charge is 0.156 e. The molecule has 0 saturated carbocycles. The molecule has 1 rings (SSSR count). The number of rotatable bonds is 3. The normalized spacial score (nSPS) is 26.6. The van der Waals surface area contributed by atoms with E-state index in [1.807, 2.05) is 23.5 Å². The molecule has 0 nitrogen and oxygen atoms in total. The lowest BCUT2D eigenvalue weighted by Crippen LogP contribution is -1.89. The molecule has 1 heterocycles. The molecule has 0 aromatic rings. The fourth-order valence-corrected chi connectivity index (χ4v) is 2.40. The molecule has 0 bridgehead atoms. The molecule has 1 unspecified atom stereocenters. The van der Waals surface area contributed by atoms with Crippen LogP contribution >= 0.6 is 48.8 Å². The lowest BCUT2D eigenvalue weighted by atomic mass is 10.6. The molecule has 1 fully saturated rings. The Kier molecular flexibility index (Phi) is 3.32. The Morgan fingerprint density at radius 2 is 2.38 bits per heavy atom. The van der Waals surface area contributed by atoms with Crippen LogP contribution in [0.1, 0.15) is 0 Å². The van der Waals surface area contributed by atoms with Crippen molar-refractivity contribution in [3.8, 4) is 0 Å². The summed E-state index contributed by atoms with van der Waals surface area (Å²) in [5.41, 5.74) is 0. The molecule has 0 N–H and O–H groups in total. The first kappa shape index (κ1) is 7.51. The first-order valence-electron chi connectivity index (χ1n) is 2.38. The van der Waals surface area contributed by atoms with E-state index in [1.165, 1.54) is 11.5 Å². The van der Waals surface area contributed by atoms with Gasteiger partial charge in [0.15, 0.2) is 0 Å². The minimum absolute atomic E-state index is 0.219. The number of thioether (sulfide) groups is 2. The molecule has 0 aromatic carbocycles. The molecule has 1 aliphatic rings. The molecular weight excluding hydrogens is 176 g/mol. The Morgan fingerprint density at radius 3 is 2.75 bits per heavy atom. The highest BCUT2D eigenvalue weighted by Gasteiger charge is 2.22. The Balaban J connectivity index is 1.87. The van der Waals surface area contributed by atoms with Crippen molar-refractivity contribution in [2.24, 2.45) is 0 Å². The smallest absolute Gasteiger partial charge is 0.0899 e. The van der Waals surface area contributed by atoms with E-state index in [0.29, 0.717) is 0 Å². The van der Waals surface area contributed by atoms with Crippen molar-refractivity contribution >= 4 is 48.8 Å². The van der Waals surface area contributed by atoms with Crippen LogP contribution in [0.3, 0.4) is 0 Å². The van der Waals surface area contributed by atoms with E-state index in [2.05, 4.69) is 25.3 Å². The molecule has 1 saturated heterocycles. The van der Waals surface area contributed by atoms with Crippen LogP contribution in [0.4, 0.5) is 0 Å². The maximum absolute atomic E-state index is 4.12. The van der Waals surface area contributed by atoms with E-state index in [1.54, 1.807) is 0 Å². The first-order valence-corrected chi connectivity index (χ1v) is 5.51. The minimum Gasteiger partial charge on any atom is -0.156 e. The number of hydrogen-bond acceptors (Lipinski definition) is 4. The van der Waals surface area contributed by atoms with E-state index >= 15 is 0 Å². The van der Waals surface area contributed by atoms with Gasteiger partial charge in [-0.05, 0) is 0 Å². The molecule has 4 heteroatoms. The molecule has 0 aromatic heterocycles. The highest BCUT2D eigenvalue weighted by atomic mass is 32.2. The highest BCUT2D eigenvalue weighted by Crippen LogP contribution is 2.35. The van der Waals surface area contributed by atoms with Gasteiger partial charge in [-0.15, -0.1) is 11.8 Å². The SMILES string of the molecule is SC(S)SCC1CS1. The molecular formula is C4H8S4. The fraction of sp³-hybridized carbons (Fsp3) is 1.00. The lowest BCUT2D eigenvalue weighted by molar-refractivity contribution is 1.27. The Bertz CT molecular complexity index is 66.4. The quantitative estimate of drug-likeness (QED) is 0.391. The maximum Gasteiger partial charge on any atom is 0.0899 e. The molecule has 0 radical (unpaired) electrons. The maximum atomic E-state index is 4.12. The average molecular weight is 184 g/mol. The third-order valence-electron chi connectivity index (χ3n) is 0.834. The molecule has 8 heavy (non-hydrogen) atoms. The Hall–Kier alpha value is 1.40. The zero-order valence-electron chi connectivity index (χ0n) is 4.28. The van der Waals surface area contributed by atoms with Gasteiger partial charge in [0.05, 0.1) is 3.91 Å². The standard InChI is InChI=1S/C4H8S4/c5-4(6)8-2-3-1-7-3/h3-6H,1-2H2. The van der Waals surface area contributed by atoms with Crippen LogP contribution in [0.15, 0.2) is 0 Å².